The number of nitrogens with zero attached hydrogens (tertiary/aromatic N) is 1. The second kappa shape index (κ2) is 2.62. The molecule has 5 heteroatoms. The maximum atomic E-state index is 11.1. The number of amides is 1. The molecule has 2 heterocycles. The van der Waals surface area contributed by atoms with E-state index in [9.17, 15) is 9.59 Å². The first-order valence-corrected chi connectivity index (χ1v) is 4.71. The largest absolute Gasteiger partial charge is 0.481 e. The Morgan fingerprint density at radius 1 is 1.36 bits per heavy atom. The lowest BCUT2D eigenvalue weighted by Crippen LogP contribution is -2.42. The molecule has 0 aromatic heterocycles. The first-order chi connectivity index (χ1) is 6.47. The summed E-state index contributed by atoms with van der Waals surface area (Å²) in [6.07, 6.45) is 0.960. The van der Waals surface area contributed by atoms with Crippen LogP contribution in [0.3, 0.4) is 0 Å². The highest BCUT2D eigenvalue weighted by Crippen LogP contribution is 2.49. The monoisotopic (exact) mass is 199 g/mol. The van der Waals surface area contributed by atoms with Crippen LogP contribution in [0.1, 0.15) is 26.2 Å². The molecule has 0 radical (unpaired) electrons. The van der Waals surface area contributed by atoms with Crippen molar-refractivity contribution >= 4 is 12.1 Å². The van der Waals surface area contributed by atoms with E-state index in [2.05, 4.69) is 0 Å². The zero-order valence-corrected chi connectivity index (χ0v) is 7.93. The molecule has 14 heavy (non-hydrogen) atoms. The van der Waals surface area contributed by atoms with Gasteiger partial charge >= 0.3 is 12.1 Å². The van der Waals surface area contributed by atoms with Crippen LogP contribution in [-0.4, -0.2) is 39.3 Å². The first-order valence-electron chi connectivity index (χ1n) is 4.71. The highest BCUT2D eigenvalue weighted by molar-refractivity contribution is 5.79. The van der Waals surface area contributed by atoms with Crippen LogP contribution in [0.15, 0.2) is 0 Å². The fourth-order valence-electron chi connectivity index (χ4n) is 2.85. The van der Waals surface area contributed by atoms with Gasteiger partial charge in [-0.1, -0.05) is 0 Å². The van der Waals surface area contributed by atoms with Crippen LogP contribution in [0.4, 0.5) is 4.79 Å². The molecule has 2 aliphatic rings. The molecule has 3 unspecified atom stereocenters. The molecule has 0 spiro atoms. The molecule has 0 aromatic carbocycles. The van der Waals surface area contributed by atoms with Crippen LogP contribution >= 0.6 is 0 Å². The van der Waals surface area contributed by atoms with Gasteiger partial charge in [-0.3, -0.25) is 4.79 Å². The average Bonchev–Trinajstić information content (AvgIpc) is 2.58. The van der Waals surface area contributed by atoms with Crippen molar-refractivity contribution in [1.82, 2.24) is 4.90 Å². The SMILES string of the molecule is CC1(C(=O)O)CC2CCC1N2C(=O)O. The van der Waals surface area contributed by atoms with E-state index in [4.69, 9.17) is 10.2 Å². The van der Waals surface area contributed by atoms with Gasteiger partial charge in [0.2, 0.25) is 0 Å². The summed E-state index contributed by atoms with van der Waals surface area (Å²) in [5.74, 6) is -0.879. The van der Waals surface area contributed by atoms with Crippen LogP contribution < -0.4 is 0 Å². The first kappa shape index (κ1) is 9.30. The number of carboxylic acid groups (broad SMARTS) is 2. The molecule has 2 fully saturated rings. The Hall–Kier alpha value is -1.26. The molecule has 3 atom stereocenters. The molecule has 0 saturated carbocycles. The maximum absolute atomic E-state index is 11.1. The van der Waals surface area contributed by atoms with Gasteiger partial charge in [-0.2, -0.15) is 0 Å². The Morgan fingerprint density at radius 3 is 2.36 bits per heavy atom. The molecule has 0 aromatic rings. The highest BCUT2D eigenvalue weighted by Gasteiger charge is 2.59. The van der Waals surface area contributed by atoms with Gasteiger partial charge in [0.25, 0.3) is 0 Å². The normalized spacial score (nSPS) is 40.2. The van der Waals surface area contributed by atoms with Crippen molar-refractivity contribution in [2.45, 2.75) is 38.3 Å². The van der Waals surface area contributed by atoms with Crippen molar-refractivity contribution in [3.05, 3.63) is 0 Å². The summed E-state index contributed by atoms with van der Waals surface area (Å²) in [4.78, 5) is 23.3. The van der Waals surface area contributed by atoms with Gasteiger partial charge in [0.1, 0.15) is 0 Å². The van der Waals surface area contributed by atoms with E-state index in [1.165, 1.54) is 4.90 Å². The number of carboxylic acids is 1. The lowest BCUT2D eigenvalue weighted by molar-refractivity contribution is -0.149. The van der Waals surface area contributed by atoms with Gasteiger partial charge in [-0.05, 0) is 26.2 Å². The number of aliphatic carboxylic acids is 1. The van der Waals surface area contributed by atoms with Gasteiger partial charge < -0.3 is 15.1 Å². The van der Waals surface area contributed by atoms with Gasteiger partial charge in [-0.25, -0.2) is 4.79 Å². The van der Waals surface area contributed by atoms with Crippen molar-refractivity contribution in [1.29, 1.82) is 0 Å². The van der Waals surface area contributed by atoms with E-state index < -0.39 is 17.5 Å². The predicted octanol–water partition coefficient (Wildman–Crippen LogP) is 0.992. The molecule has 1 amide bonds. The molecule has 0 aliphatic carbocycles. The average molecular weight is 199 g/mol. The Morgan fingerprint density at radius 2 is 2.00 bits per heavy atom. The van der Waals surface area contributed by atoms with Crippen molar-refractivity contribution in [3.63, 3.8) is 0 Å². The minimum Gasteiger partial charge on any atom is -0.481 e. The number of carbonyl (C=O) groups is 2. The molecule has 2 aliphatic heterocycles. The zero-order valence-electron chi connectivity index (χ0n) is 7.93. The smallest absolute Gasteiger partial charge is 0.407 e. The summed E-state index contributed by atoms with van der Waals surface area (Å²) < 4.78 is 0. The Labute approximate surface area is 81.3 Å². The summed E-state index contributed by atoms with van der Waals surface area (Å²) in [6, 6.07) is -0.416. The molecular formula is C9H13NO4. The van der Waals surface area contributed by atoms with Gasteiger partial charge in [0.05, 0.1) is 11.5 Å². The minimum atomic E-state index is -0.984. The van der Waals surface area contributed by atoms with E-state index in [1.54, 1.807) is 6.92 Å². The summed E-state index contributed by atoms with van der Waals surface area (Å²) in [5.41, 5.74) is -0.874. The topological polar surface area (TPSA) is 77.8 Å². The van der Waals surface area contributed by atoms with Crippen molar-refractivity contribution < 1.29 is 19.8 Å². The quantitative estimate of drug-likeness (QED) is 0.660. The second-order valence-corrected chi connectivity index (χ2v) is 4.36. The molecule has 2 bridgehead atoms. The number of hydrogen-bond acceptors (Lipinski definition) is 2. The number of rotatable bonds is 1. The van der Waals surface area contributed by atoms with E-state index in [1.807, 2.05) is 0 Å². The van der Waals surface area contributed by atoms with Crippen LogP contribution in [0.5, 0.6) is 0 Å². The minimum absolute atomic E-state index is 0.0846. The Balaban J connectivity index is 2.31. The van der Waals surface area contributed by atoms with Crippen LogP contribution in [0.25, 0.3) is 0 Å². The van der Waals surface area contributed by atoms with Gasteiger partial charge in [0, 0.05) is 6.04 Å². The zero-order chi connectivity index (χ0) is 10.5. The Kier molecular flexibility index (Phi) is 1.74. The molecule has 5 nitrogen and oxygen atoms in total. The maximum Gasteiger partial charge on any atom is 0.407 e. The van der Waals surface area contributed by atoms with Crippen molar-refractivity contribution in [3.8, 4) is 0 Å². The lowest BCUT2D eigenvalue weighted by atomic mass is 9.75. The summed E-state index contributed by atoms with van der Waals surface area (Å²) >= 11 is 0. The highest BCUT2D eigenvalue weighted by atomic mass is 16.4. The van der Waals surface area contributed by atoms with E-state index in [0.717, 1.165) is 6.42 Å². The van der Waals surface area contributed by atoms with Crippen molar-refractivity contribution in [2.75, 3.05) is 0 Å². The third-order valence-corrected chi connectivity index (χ3v) is 3.61. The summed E-state index contributed by atoms with van der Waals surface area (Å²) in [6.45, 7) is 1.65. The van der Waals surface area contributed by atoms with Crippen molar-refractivity contribution in [2.24, 2.45) is 5.41 Å². The van der Waals surface area contributed by atoms with Crippen LogP contribution in [0.2, 0.25) is 0 Å². The molecule has 78 valence electrons. The van der Waals surface area contributed by atoms with E-state index in [-0.39, 0.29) is 12.1 Å². The van der Waals surface area contributed by atoms with Crippen LogP contribution in [-0.2, 0) is 4.79 Å². The van der Waals surface area contributed by atoms with Gasteiger partial charge in [0.15, 0.2) is 0 Å². The fourth-order valence-corrected chi connectivity index (χ4v) is 2.85. The standard InChI is InChI=1S/C9H13NO4/c1-9(7(11)12)4-5-2-3-6(9)10(5)8(13)14/h5-6H,2-4H2,1H3,(H,11,12)(H,13,14). The fraction of sp³-hybridized carbons (Fsp3) is 0.778. The molecule has 2 N–H and O–H groups in total. The summed E-state index contributed by atoms with van der Waals surface area (Å²) in [5, 5.41) is 18.0. The molecular weight excluding hydrogens is 186 g/mol. The molecule has 2 rings (SSSR count). The predicted molar refractivity (Wildman–Crippen MR) is 47.0 cm³/mol. The lowest BCUT2D eigenvalue weighted by Gasteiger charge is -2.28. The van der Waals surface area contributed by atoms with E-state index >= 15 is 0 Å². The van der Waals surface area contributed by atoms with Gasteiger partial charge in [-0.15, -0.1) is 0 Å². The molecule has 2 saturated heterocycles. The second-order valence-electron chi connectivity index (χ2n) is 4.36. The third kappa shape index (κ3) is 0.951. The summed E-state index contributed by atoms with van der Waals surface area (Å²) in [7, 11) is 0. The van der Waals surface area contributed by atoms with E-state index in [0.29, 0.717) is 12.8 Å². The van der Waals surface area contributed by atoms with Crippen LogP contribution in [0, 0.1) is 5.41 Å². The number of fused-ring (bicyclic) bond motifs is 2. The number of hydrogen-bond donors (Lipinski definition) is 2. The Bertz CT molecular complexity index is 303. The third-order valence-electron chi connectivity index (χ3n) is 3.61.